The van der Waals surface area contributed by atoms with E-state index in [0.717, 1.165) is 29.1 Å². The van der Waals surface area contributed by atoms with Crippen molar-refractivity contribution in [3.05, 3.63) is 10.8 Å². The predicted octanol–water partition coefficient (Wildman–Crippen LogP) is 2.49. The smallest absolute Gasteiger partial charge is 0.146 e. The van der Waals surface area contributed by atoms with Crippen LogP contribution in [0, 0.1) is 5.92 Å². The molecule has 0 radical (unpaired) electrons. The lowest BCUT2D eigenvalue weighted by Gasteiger charge is -2.21. The average molecular weight is 317 g/mol. The van der Waals surface area contributed by atoms with Gasteiger partial charge in [0.05, 0.1) is 0 Å². The molecule has 5 nitrogen and oxygen atoms in total. The lowest BCUT2D eigenvalue weighted by molar-refractivity contribution is 0.226. The van der Waals surface area contributed by atoms with E-state index in [0.29, 0.717) is 0 Å². The van der Waals surface area contributed by atoms with E-state index in [4.69, 9.17) is 5.11 Å². The molecular formula is C12H21BrN4O. The zero-order valence-electron chi connectivity index (χ0n) is 11.1. The highest BCUT2D eigenvalue weighted by Gasteiger charge is 2.14. The van der Waals surface area contributed by atoms with Gasteiger partial charge in [-0.15, -0.1) is 0 Å². The number of nitrogens with one attached hydrogen (secondary N) is 2. The van der Waals surface area contributed by atoms with E-state index in [1.165, 1.54) is 6.33 Å². The van der Waals surface area contributed by atoms with Gasteiger partial charge >= 0.3 is 0 Å². The Morgan fingerprint density at radius 1 is 1.33 bits per heavy atom. The van der Waals surface area contributed by atoms with Crippen LogP contribution in [-0.2, 0) is 0 Å². The molecule has 2 atom stereocenters. The summed E-state index contributed by atoms with van der Waals surface area (Å²) in [6.07, 6.45) is 2.57. The fraction of sp³-hybridized carbons (Fsp3) is 0.667. The molecule has 0 fully saturated rings. The Morgan fingerprint density at radius 2 is 2.00 bits per heavy atom. The van der Waals surface area contributed by atoms with Crippen LogP contribution in [-0.4, -0.2) is 34.3 Å². The molecule has 0 saturated carbocycles. The number of rotatable bonds is 7. The molecule has 1 heterocycles. The highest BCUT2D eigenvalue weighted by molar-refractivity contribution is 9.10. The minimum absolute atomic E-state index is 0.139. The second-order valence-corrected chi connectivity index (χ2v) is 5.20. The summed E-state index contributed by atoms with van der Waals surface area (Å²) in [4.78, 5) is 8.40. The number of aliphatic hydroxyl groups excluding tert-OH is 1. The third-order valence-electron chi connectivity index (χ3n) is 2.84. The molecule has 1 aromatic heterocycles. The van der Waals surface area contributed by atoms with Crippen molar-refractivity contribution in [1.82, 2.24) is 9.97 Å². The summed E-state index contributed by atoms with van der Waals surface area (Å²) >= 11 is 3.50. The van der Waals surface area contributed by atoms with E-state index in [2.05, 4.69) is 43.5 Å². The molecule has 0 aromatic carbocycles. The number of hydrogen-bond donors (Lipinski definition) is 3. The Labute approximate surface area is 117 Å². The SMILES string of the molecule is CCCNc1ncnc(NC(C)C(C)CO)c1Br. The third-order valence-corrected chi connectivity index (χ3v) is 3.59. The van der Waals surface area contributed by atoms with Gasteiger partial charge in [-0.2, -0.15) is 0 Å². The molecular weight excluding hydrogens is 296 g/mol. The summed E-state index contributed by atoms with van der Waals surface area (Å²) < 4.78 is 0.829. The van der Waals surface area contributed by atoms with Gasteiger partial charge in [0, 0.05) is 19.2 Å². The van der Waals surface area contributed by atoms with E-state index < -0.39 is 0 Å². The quantitative estimate of drug-likeness (QED) is 0.721. The zero-order chi connectivity index (χ0) is 13.5. The Morgan fingerprint density at radius 3 is 2.61 bits per heavy atom. The van der Waals surface area contributed by atoms with Gasteiger partial charge in [-0.3, -0.25) is 0 Å². The van der Waals surface area contributed by atoms with Crippen LogP contribution in [0.25, 0.3) is 0 Å². The first kappa shape index (κ1) is 15.2. The van der Waals surface area contributed by atoms with Crippen molar-refractivity contribution in [2.75, 3.05) is 23.8 Å². The Balaban J connectivity index is 2.77. The van der Waals surface area contributed by atoms with Crippen molar-refractivity contribution in [1.29, 1.82) is 0 Å². The lowest BCUT2D eigenvalue weighted by atomic mass is 10.1. The van der Waals surface area contributed by atoms with Crippen LogP contribution < -0.4 is 10.6 Å². The zero-order valence-corrected chi connectivity index (χ0v) is 12.7. The van der Waals surface area contributed by atoms with Crippen molar-refractivity contribution < 1.29 is 5.11 Å². The molecule has 1 rings (SSSR count). The van der Waals surface area contributed by atoms with Gasteiger partial charge in [0.15, 0.2) is 0 Å². The van der Waals surface area contributed by atoms with Gasteiger partial charge in [0.2, 0.25) is 0 Å². The lowest BCUT2D eigenvalue weighted by Crippen LogP contribution is -2.27. The molecule has 102 valence electrons. The first-order chi connectivity index (χ1) is 8.60. The molecule has 0 saturated heterocycles. The molecule has 3 N–H and O–H groups in total. The van der Waals surface area contributed by atoms with E-state index in [1.807, 2.05) is 13.8 Å². The van der Waals surface area contributed by atoms with Crippen molar-refractivity contribution in [3.63, 3.8) is 0 Å². The van der Waals surface area contributed by atoms with Crippen molar-refractivity contribution >= 4 is 27.6 Å². The normalized spacial score (nSPS) is 14.1. The summed E-state index contributed by atoms with van der Waals surface area (Å²) in [6, 6.07) is 0.139. The molecule has 0 aliphatic heterocycles. The predicted molar refractivity (Wildman–Crippen MR) is 77.8 cm³/mol. The fourth-order valence-corrected chi connectivity index (χ4v) is 1.81. The molecule has 0 bridgehead atoms. The third kappa shape index (κ3) is 4.10. The molecule has 0 spiro atoms. The number of nitrogens with zero attached hydrogens (tertiary/aromatic N) is 2. The monoisotopic (exact) mass is 316 g/mol. The summed E-state index contributed by atoms with van der Waals surface area (Å²) in [5, 5.41) is 15.6. The summed E-state index contributed by atoms with van der Waals surface area (Å²) in [5.41, 5.74) is 0. The molecule has 6 heteroatoms. The van der Waals surface area contributed by atoms with Crippen LogP contribution in [0.15, 0.2) is 10.8 Å². The first-order valence-corrected chi connectivity index (χ1v) is 7.01. The highest BCUT2D eigenvalue weighted by Crippen LogP contribution is 2.27. The second-order valence-electron chi connectivity index (χ2n) is 4.40. The van der Waals surface area contributed by atoms with Crippen molar-refractivity contribution in [3.8, 4) is 0 Å². The number of aliphatic hydroxyl groups is 1. The van der Waals surface area contributed by atoms with Gasteiger partial charge in [0.25, 0.3) is 0 Å². The number of anilines is 2. The second kappa shape index (κ2) is 7.53. The van der Waals surface area contributed by atoms with Crippen LogP contribution in [0.2, 0.25) is 0 Å². The molecule has 0 aliphatic rings. The molecule has 18 heavy (non-hydrogen) atoms. The van der Waals surface area contributed by atoms with Gasteiger partial charge < -0.3 is 15.7 Å². The van der Waals surface area contributed by atoms with Crippen LogP contribution in [0.5, 0.6) is 0 Å². The maximum Gasteiger partial charge on any atom is 0.146 e. The highest BCUT2D eigenvalue weighted by atomic mass is 79.9. The summed E-state index contributed by atoms with van der Waals surface area (Å²) in [7, 11) is 0. The minimum atomic E-state index is 0.139. The fourth-order valence-electron chi connectivity index (χ4n) is 1.35. The average Bonchev–Trinajstić information content (AvgIpc) is 2.38. The number of hydrogen-bond acceptors (Lipinski definition) is 5. The standard InChI is InChI=1S/C12H21BrN4O/c1-4-5-14-11-10(13)12(16-7-15-11)17-9(3)8(2)6-18/h7-9,18H,4-6H2,1-3H3,(H2,14,15,16,17). The van der Waals surface area contributed by atoms with E-state index >= 15 is 0 Å². The Bertz CT molecular complexity index is 375. The maximum absolute atomic E-state index is 9.13. The van der Waals surface area contributed by atoms with Crippen molar-refractivity contribution in [2.45, 2.75) is 33.2 Å². The van der Waals surface area contributed by atoms with Gasteiger partial charge in [-0.05, 0) is 35.2 Å². The van der Waals surface area contributed by atoms with Crippen LogP contribution in [0.3, 0.4) is 0 Å². The van der Waals surface area contributed by atoms with Crippen LogP contribution in [0.1, 0.15) is 27.2 Å². The maximum atomic E-state index is 9.13. The van der Waals surface area contributed by atoms with E-state index in [1.54, 1.807) is 0 Å². The van der Waals surface area contributed by atoms with Crippen LogP contribution >= 0.6 is 15.9 Å². The molecule has 2 unspecified atom stereocenters. The Hall–Kier alpha value is -0.880. The van der Waals surface area contributed by atoms with Crippen molar-refractivity contribution in [2.24, 2.45) is 5.92 Å². The number of aromatic nitrogens is 2. The molecule has 0 amide bonds. The van der Waals surface area contributed by atoms with Gasteiger partial charge in [-0.1, -0.05) is 13.8 Å². The van der Waals surface area contributed by atoms with E-state index in [-0.39, 0.29) is 18.6 Å². The summed E-state index contributed by atoms with van der Waals surface area (Å²) in [6.45, 7) is 7.14. The van der Waals surface area contributed by atoms with Gasteiger partial charge in [-0.25, -0.2) is 9.97 Å². The van der Waals surface area contributed by atoms with Crippen LogP contribution in [0.4, 0.5) is 11.6 Å². The van der Waals surface area contributed by atoms with E-state index in [9.17, 15) is 0 Å². The number of halogens is 1. The first-order valence-electron chi connectivity index (χ1n) is 6.21. The summed E-state index contributed by atoms with van der Waals surface area (Å²) in [5.74, 6) is 1.70. The molecule has 1 aromatic rings. The van der Waals surface area contributed by atoms with Gasteiger partial charge in [0.1, 0.15) is 22.4 Å². The largest absolute Gasteiger partial charge is 0.396 e. The Kier molecular flexibility index (Phi) is 6.35. The topological polar surface area (TPSA) is 70.1 Å². The minimum Gasteiger partial charge on any atom is -0.396 e. The molecule has 0 aliphatic carbocycles.